The van der Waals surface area contributed by atoms with Gasteiger partial charge in [-0.1, -0.05) is 23.4 Å². The highest BCUT2D eigenvalue weighted by Crippen LogP contribution is 2.26. The molecule has 3 aromatic heterocycles. The number of benzene rings is 1. The summed E-state index contributed by atoms with van der Waals surface area (Å²) in [4.78, 5) is 7.93. The van der Waals surface area contributed by atoms with Gasteiger partial charge in [0.05, 0.1) is 24.2 Å². The lowest BCUT2D eigenvalue weighted by molar-refractivity contribution is -0.121. The van der Waals surface area contributed by atoms with Gasteiger partial charge < -0.3 is 9.84 Å². The Kier molecular flexibility index (Phi) is 7.49. The van der Waals surface area contributed by atoms with E-state index in [2.05, 4.69) is 25.5 Å². The molecule has 0 radical (unpaired) electrons. The van der Waals surface area contributed by atoms with E-state index in [0.29, 0.717) is 17.0 Å². The van der Waals surface area contributed by atoms with E-state index >= 15 is 0 Å². The minimum Gasteiger partial charge on any atom is -0.366 e. The number of rotatable bonds is 10. The molecule has 4 aromatic rings. The molecule has 10 nitrogen and oxygen atoms in total. The lowest BCUT2D eigenvalue weighted by Crippen LogP contribution is -2.36. The summed E-state index contributed by atoms with van der Waals surface area (Å²) in [7, 11) is -4.28. The third-order valence-corrected chi connectivity index (χ3v) is 6.21. The van der Waals surface area contributed by atoms with Crippen LogP contribution in [-0.4, -0.2) is 58.3 Å². The Bertz CT molecular complexity index is 1470. The van der Waals surface area contributed by atoms with Gasteiger partial charge in [-0.05, 0) is 12.1 Å². The van der Waals surface area contributed by atoms with Crippen LogP contribution in [-0.2, 0) is 16.6 Å². The predicted octanol–water partition coefficient (Wildman–Crippen LogP) is 3.22. The van der Waals surface area contributed by atoms with Crippen molar-refractivity contribution in [3.63, 3.8) is 0 Å². The molecule has 0 spiro atoms. The van der Waals surface area contributed by atoms with Gasteiger partial charge in [0.2, 0.25) is 10.0 Å². The molecule has 37 heavy (non-hydrogen) atoms. The number of nitrogens with zero attached hydrogens (tertiary/aromatic N) is 5. The van der Waals surface area contributed by atoms with Crippen molar-refractivity contribution in [1.82, 2.24) is 29.6 Å². The van der Waals surface area contributed by atoms with Crippen molar-refractivity contribution in [3.8, 4) is 22.9 Å². The quantitative estimate of drug-likeness (QED) is 0.292. The van der Waals surface area contributed by atoms with E-state index in [9.17, 15) is 30.4 Å². The first-order valence-corrected chi connectivity index (χ1v) is 12.2. The maximum Gasteiger partial charge on any atom is 0.402 e. The molecule has 0 aliphatic heterocycles. The highest BCUT2D eigenvalue weighted by atomic mass is 32.2. The Hall–Kier alpha value is -3.92. The fourth-order valence-corrected chi connectivity index (χ4v) is 4.07. The second-order valence-corrected chi connectivity index (χ2v) is 9.55. The lowest BCUT2D eigenvalue weighted by atomic mass is 10.2. The molecule has 0 bridgehead atoms. The van der Waals surface area contributed by atoms with Gasteiger partial charge in [-0.25, -0.2) is 31.9 Å². The molecule has 0 atom stereocenters. The topological polar surface area (TPSA) is 128 Å². The van der Waals surface area contributed by atoms with Crippen LogP contribution >= 0.6 is 0 Å². The average Bonchev–Trinajstić information content (AvgIpc) is 3.50. The van der Waals surface area contributed by atoms with E-state index in [1.807, 2.05) is 0 Å². The van der Waals surface area contributed by atoms with Crippen LogP contribution in [0.25, 0.3) is 22.9 Å². The number of hydrogen-bond acceptors (Lipinski definition) is 8. The highest BCUT2D eigenvalue weighted by molar-refractivity contribution is 7.89. The molecule has 0 aliphatic rings. The Balaban J connectivity index is 1.55. The van der Waals surface area contributed by atoms with E-state index in [4.69, 9.17) is 4.52 Å². The van der Waals surface area contributed by atoms with Crippen LogP contribution in [0.4, 0.5) is 27.8 Å². The van der Waals surface area contributed by atoms with Gasteiger partial charge in [0, 0.05) is 18.2 Å². The van der Waals surface area contributed by atoms with Crippen LogP contribution in [0.3, 0.4) is 0 Å². The predicted molar refractivity (Wildman–Crippen MR) is 121 cm³/mol. The third-order valence-electron chi connectivity index (χ3n) is 4.89. The number of halogens is 5. The molecular formula is C21H18F5N7O3S. The number of anilines is 1. The molecule has 0 amide bonds. The van der Waals surface area contributed by atoms with Gasteiger partial charge in [0.1, 0.15) is 30.0 Å². The highest BCUT2D eigenvalue weighted by Gasteiger charge is 2.29. The van der Waals surface area contributed by atoms with E-state index in [-0.39, 0.29) is 23.9 Å². The zero-order chi connectivity index (χ0) is 26.6. The Labute approximate surface area is 206 Å². The van der Waals surface area contributed by atoms with Gasteiger partial charge in [-0.2, -0.15) is 18.3 Å². The van der Waals surface area contributed by atoms with Crippen molar-refractivity contribution in [3.05, 3.63) is 66.1 Å². The number of nitrogens with one attached hydrogen (secondary N) is 2. The van der Waals surface area contributed by atoms with Crippen molar-refractivity contribution < 1.29 is 34.9 Å². The van der Waals surface area contributed by atoms with Crippen LogP contribution < -0.4 is 10.0 Å². The molecule has 196 valence electrons. The van der Waals surface area contributed by atoms with E-state index in [1.165, 1.54) is 27.8 Å². The van der Waals surface area contributed by atoms with Crippen molar-refractivity contribution in [2.24, 2.45) is 0 Å². The largest absolute Gasteiger partial charge is 0.402 e. The summed E-state index contributed by atoms with van der Waals surface area (Å²) >= 11 is 0. The van der Waals surface area contributed by atoms with E-state index in [1.54, 1.807) is 24.3 Å². The first-order valence-electron chi connectivity index (χ1n) is 10.5. The zero-order valence-electron chi connectivity index (χ0n) is 18.7. The van der Waals surface area contributed by atoms with Gasteiger partial charge in [-0.15, -0.1) is 0 Å². The number of sulfonamides is 1. The second kappa shape index (κ2) is 10.6. The maximum absolute atomic E-state index is 14.3. The molecule has 3 heterocycles. The summed E-state index contributed by atoms with van der Waals surface area (Å²) in [6.07, 6.45) is -2.55. The molecular weight excluding hydrogens is 525 g/mol. The third kappa shape index (κ3) is 6.85. The fraction of sp³-hybridized carbons (Fsp3) is 0.238. The van der Waals surface area contributed by atoms with Gasteiger partial charge in [0.25, 0.3) is 0 Å². The van der Waals surface area contributed by atoms with Crippen LogP contribution in [0.15, 0.2) is 53.4 Å². The second-order valence-electron chi connectivity index (χ2n) is 7.62. The van der Waals surface area contributed by atoms with E-state index in [0.717, 1.165) is 6.20 Å². The average molecular weight is 543 g/mol. The number of aromatic nitrogens is 5. The molecule has 1 aromatic carbocycles. The Morgan fingerprint density at radius 1 is 1.05 bits per heavy atom. The summed E-state index contributed by atoms with van der Waals surface area (Å²) in [5.41, 5.74) is 1.31. The summed E-state index contributed by atoms with van der Waals surface area (Å²) in [5.74, 6) is -2.58. The monoisotopic (exact) mass is 543 g/mol. The summed E-state index contributed by atoms with van der Waals surface area (Å²) in [6, 6.07) is 9.18. The van der Waals surface area contributed by atoms with Gasteiger partial charge >= 0.3 is 6.18 Å². The molecule has 0 saturated carbocycles. The standard InChI is InChI=1S/C21H18F5N7O3S/c22-14-4-2-1-3-13(14)11-33-18(16-5-7-36-32-16)9-17(31-33)20-28-10-15(23)19(30-20)27-6-8-37(34,35)29-12-21(24,25)26/h1-5,7,9-10,29H,6,8,11-12H2,(H,27,28,30). The molecule has 4 rings (SSSR count). The SMILES string of the molecule is O=S(=O)(CCNc1nc(-c2cc(-c3ccon3)n(Cc3ccccc3F)n2)ncc1F)NCC(F)(F)F. The molecule has 0 fully saturated rings. The molecule has 0 aliphatic carbocycles. The number of hydrogen-bond donors (Lipinski definition) is 2. The molecule has 2 N–H and O–H groups in total. The summed E-state index contributed by atoms with van der Waals surface area (Å²) < 4.78 is 96.4. The van der Waals surface area contributed by atoms with Crippen LogP contribution in [0.2, 0.25) is 0 Å². The van der Waals surface area contributed by atoms with Gasteiger partial charge in [0.15, 0.2) is 17.5 Å². The van der Waals surface area contributed by atoms with Crippen molar-refractivity contribution >= 4 is 15.8 Å². The molecule has 0 saturated heterocycles. The smallest absolute Gasteiger partial charge is 0.366 e. The van der Waals surface area contributed by atoms with Crippen LogP contribution in [0.5, 0.6) is 0 Å². The first-order chi connectivity index (χ1) is 17.5. The zero-order valence-corrected chi connectivity index (χ0v) is 19.5. The first kappa shape index (κ1) is 26.2. The summed E-state index contributed by atoms with van der Waals surface area (Å²) in [5, 5.41) is 10.7. The molecule has 16 heteroatoms. The van der Waals surface area contributed by atoms with E-state index < -0.39 is 46.7 Å². The normalized spacial score (nSPS) is 12.1. The molecule has 0 unspecified atom stereocenters. The fourth-order valence-electron chi connectivity index (χ4n) is 3.17. The van der Waals surface area contributed by atoms with Crippen LogP contribution in [0, 0.1) is 11.6 Å². The van der Waals surface area contributed by atoms with Crippen molar-refractivity contribution in [2.45, 2.75) is 12.7 Å². The minimum atomic E-state index is -4.71. The Morgan fingerprint density at radius 3 is 2.54 bits per heavy atom. The van der Waals surface area contributed by atoms with Crippen molar-refractivity contribution in [1.29, 1.82) is 0 Å². The van der Waals surface area contributed by atoms with Gasteiger partial charge in [-0.3, -0.25) is 4.68 Å². The summed E-state index contributed by atoms with van der Waals surface area (Å²) in [6.45, 7) is -2.14. The van der Waals surface area contributed by atoms with Crippen LogP contribution in [0.1, 0.15) is 5.56 Å². The number of alkyl halides is 3. The lowest BCUT2D eigenvalue weighted by Gasteiger charge is -2.10. The Morgan fingerprint density at radius 2 is 1.84 bits per heavy atom. The minimum absolute atomic E-state index is 0.0178. The maximum atomic E-state index is 14.3. The van der Waals surface area contributed by atoms with Crippen molar-refractivity contribution in [2.75, 3.05) is 24.2 Å².